The minimum Gasteiger partial charge on any atom is -0.496 e. The zero-order chi connectivity index (χ0) is 11.6. The Kier molecular flexibility index (Phi) is 4.00. The van der Waals surface area contributed by atoms with Crippen molar-refractivity contribution in [1.29, 1.82) is 0 Å². The zero-order valence-electron chi connectivity index (χ0n) is 9.97. The maximum Gasteiger partial charge on any atom is 0.126 e. The van der Waals surface area contributed by atoms with E-state index in [2.05, 4.69) is 11.8 Å². The number of benzene rings is 1. The van der Waals surface area contributed by atoms with Gasteiger partial charge in [0.05, 0.1) is 7.11 Å². The first-order valence-electron chi connectivity index (χ1n) is 4.97. The average Bonchev–Trinajstić information content (AvgIpc) is 2.15. The van der Waals surface area contributed by atoms with Gasteiger partial charge in [-0.1, -0.05) is 11.6 Å². The summed E-state index contributed by atoms with van der Waals surface area (Å²) in [7, 11) is 5.78. The number of aryl methyl sites for hydroxylation is 1. The van der Waals surface area contributed by atoms with Crippen molar-refractivity contribution < 1.29 is 4.74 Å². The quantitative estimate of drug-likeness (QED) is 0.786. The zero-order valence-corrected chi connectivity index (χ0v) is 10.7. The second-order valence-corrected chi connectivity index (χ2v) is 4.42. The number of methoxy groups -OCH3 is 1. The molecule has 1 rings (SSSR count). The van der Waals surface area contributed by atoms with Crippen LogP contribution in [0.5, 0.6) is 5.75 Å². The molecule has 0 amide bonds. The maximum atomic E-state index is 6.05. The molecule has 0 aromatic heterocycles. The van der Waals surface area contributed by atoms with E-state index in [4.69, 9.17) is 16.3 Å². The smallest absolute Gasteiger partial charge is 0.126 e. The van der Waals surface area contributed by atoms with Crippen LogP contribution in [0.15, 0.2) is 12.1 Å². The Bertz CT molecular complexity index is 350. The third kappa shape index (κ3) is 2.64. The van der Waals surface area contributed by atoms with E-state index in [9.17, 15) is 0 Å². The number of nitrogens with zero attached hydrogens (tertiary/aromatic N) is 1. The van der Waals surface area contributed by atoms with E-state index in [1.807, 2.05) is 33.2 Å². The van der Waals surface area contributed by atoms with Gasteiger partial charge in [0.1, 0.15) is 5.75 Å². The highest BCUT2D eigenvalue weighted by Gasteiger charge is 2.15. The van der Waals surface area contributed by atoms with E-state index in [1.54, 1.807) is 7.11 Å². The molecule has 0 aliphatic carbocycles. The molecule has 0 heterocycles. The van der Waals surface area contributed by atoms with E-state index >= 15 is 0 Å². The van der Waals surface area contributed by atoms with Crippen molar-refractivity contribution in [3.8, 4) is 5.75 Å². The van der Waals surface area contributed by atoms with E-state index < -0.39 is 0 Å². The van der Waals surface area contributed by atoms with Crippen molar-refractivity contribution in [2.45, 2.75) is 19.9 Å². The lowest BCUT2D eigenvalue weighted by molar-refractivity contribution is 0.307. The maximum absolute atomic E-state index is 6.05. The Morgan fingerprint density at radius 1 is 1.33 bits per heavy atom. The molecular formula is C12H18ClNO. The summed E-state index contributed by atoms with van der Waals surface area (Å²) in [6.45, 7) is 4.14. The van der Waals surface area contributed by atoms with Gasteiger partial charge in [-0.15, -0.1) is 0 Å². The Hall–Kier alpha value is -0.730. The SMILES string of the molecule is COc1c(C)cc(Cl)cc1C(C)N(C)C. The van der Waals surface area contributed by atoms with Gasteiger partial charge in [0.25, 0.3) is 0 Å². The van der Waals surface area contributed by atoms with E-state index in [-0.39, 0.29) is 6.04 Å². The summed E-state index contributed by atoms with van der Waals surface area (Å²) in [6.07, 6.45) is 0. The van der Waals surface area contributed by atoms with Crippen LogP contribution in [-0.2, 0) is 0 Å². The monoisotopic (exact) mass is 227 g/mol. The summed E-state index contributed by atoms with van der Waals surface area (Å²) in [5, 5.41) is 0.761. The molecule has 1 unspecified atom stereocenters. The van der Waals surface area contributed by atoms with Gasteiger partial charge in [-0.2, -0.15) is 0 Å². The van der Waals surface area contributed by atoms with E-state index in [0.29, 0.717) is 0 Å². The normalized spacial score (nSPS) is 13.0. The predicted molar refractivity (Wildman–Crippen MR) is 64.8 cm³/mol. The van der Waals surface area contributed by atoms with Gasteiger partial charge in [0.15, 0.2) is 0 Å². The van der Waals surface area contributed by atoms with Gasteiger partial charge in [-0.25, -0.2) is 0 Å². The lowest BCUT2D eigenvalue weighted by atomic mass is 10.0. The Labute approximate surface area is 96.8 Å². The first-order chi connectivity index (χ1) is 6.97. The van der Waals surface area contributed by atoms with Gasteiger partial charge in [0.2, 0.25) is 0 Å². The molecule has 0 fully saturated rings. The molecule has 0 radical (unpaired) electrons. The molecule has 84 valence electrons. The molecule has 0 N–H and O–H groups in total. The minimum absolute atomic E-state index is 0.289. The fourth-order valence-corrected chi connectivity index (χ4v) is 1.90. The molecule has 0 saturated carbocycles. The van der Waals surface area contributed by atoms with Crippen LogP contribution < -0.4 is 4.74 Å². The van der Waals surface area contributed by atoms with Gasteiger partial charge < -0.3 is 9.64 Å². The summed E-state index contributed by atoms with van der Waals surface area (Å²) in [4.78, 5) is 2.13. The molecule has 1 aromatic carbocycles. The average molecular weight is 228 g/mol. The summed E-state index contributed by atoms with van der Waals surface area (Å²) in [5.74, 6) is 0.931. The molecule has 0 aliphatic heterocycles. The van der Waals surface area contributed by atoms with Crippen LogP contribution >= 0.6 is 11.6 Å². The van der Waals surface area contributed by atoms with Crippen molar-refractivity contribution >= 4 is 11.6 Å². The van der Waals surface area contributed by atoms with Gasteiger partial charge in [-0.3, -0.25) is 0 Å². The second kappa shape index (κ2) is 4.86. The number of halogens is 1. The summed E-state index contributed by atoms with van der Waals surface area (Å²) < 4.78 is 5.42. The van der Waals surface area contributed by atoms with Crippen molar-refractivity contribution in [3.63, 3.8) is 0 Å². The molecule has 1 aromatic rings. The molecule has 0 saturated heterocycles. The lowest BCUT2D eigenvalue weighted by Gasteiger charge is -2.23. The third-order valence-electron chi connectivity index (χ3n) is 2.70. The summed E-state index contributed by atoms with van der Waals surface area (Å²) in [6, 6.07) is 4.18. The Morgan fingerprint density at radius 2 is 1.93 bits per heavy atom. The van der Waals surface area contributed by atoms with Crippen LogP contribution in [0, 0.1) is 6.92 Å². The molecule has 1 atom stereocenters. The first-order valence-corrected chi connectivity index (χ1v) is 5.35. The highest BCUT2D eigenvalue weighted by atomic mass is 35.5. The molecule has 15 heavy (non-hydrogen) atoms. The lowest BCUT2D eigenvalue weighted by Crippen LogP contribution is -2.17. The standard InChI is InChI=1S/C12H18ClNO/c1-8-6-10(13)7-11(12(8)15-5)9(2)14(3)4/h6-7,9H,1-5H3. The Morgan fingerprint density at radius 3 is 2.40 bits per heavy atom. The summed E-state index contributed by atoms with van der Waals surface area (Å²) in [5.41, 5.74) is 2.21. The topological polar surface area (TPSA) is 12.5 Å². The van der Waals surface area contributed by atoms with E-state index in [1.165, 1.54) is 0 Å². The van der Waals surface area contributed by atoms with Crippen molar-refractivity contribution in [2.75, 3.05) is 21.2 Å². The van der Waals surface area contributed by atoms with Crippen LogP contribution in [0.1, 0.15) is 24.1 Å². The number of rotatable bonds is 3. The molecular weight excluding hydrogens is 210 g/mol. The van der Waals surface area contributed by atoms with Crippen LogP contribution in [0.25, 0.3) is 0 Å². The van der Waals surface area contributed by atoms with E-state index in [0.717, 1.165) is 21.9 Å². The molecule has 0 bridgehead atoms. The van der Waals surface area contributed by atoms with Crippen LogP contribution in [0.3, 0.4) is 0 Å². The van der Waals surface area contributed by atoms with Crippen LogP contribution in [-0.4, -0.2) is 26.1 Å². The fourth-order valence-electron chi connectivity index (χ4n) is 1.62. The summed E-state index contributed by atoms with van der Waals surface area (Å²) >= 11 is 6.05. The van der Waals surface area contributed by atoms with Crippen molar-refractivity contribution in [2.24, 2.45) is 0 Å². The minimum atomic E-state index is 0.289. The fraction of sp³-hybridized carbons (Fsp3) is 0.500. The van der Waals surface area contributed by atoms with Crippen molar-refractivity contribution in [1.82, 2.24) is 4.90 Å². The Balaban J connectivity index is 3.26. The molecule has 3 heteroatoms. The first kappa shape index (κ1) is 12.3. The highest BCUT2D eigenvalue weighted by Crippen LogP contribution is 2.33. The van der Waals surface area contributed by atoms with Gasteiger partial charge in [-0.05, 0) is 45.6 Å². The largest absolute Gasteiger partial charge is 0.496 e. The predicted octanol–water partition coefficient (Wildman–Crippen LogP) is 3.28. The second-order valence-electron chi connectivity index (χ2n) is 3.98. The molecule has 0 aliphatic rings. The molecule has 0 spiro atoms. The van der Waals surface area contributed by atoms with Crippen molar-refractivity contribution in [3.05, 3.63) is 28.3 Å². The van der Waals surface area contributed by atoms with Gasteiger partial charge in [0, 0.05) is 16.6 Å². The van der Waals surface area contributed by atoms with Crippen LogP contribution in [0.4, 0.5) is 0 Å². The third-order valence-corrected chi connectivity index (χ3v) is 2.92. The number of hydrogen-bond acceptors (Lipinski definition) is 2. The van der Waals surface area contributed by atoms with Gasteiger partial charge >= 0.3 is 0 Å². The number of hydrogen-bond donors (Lipinski definition) is 0. The number of ether oxygens (including phenoxy) is 1. The van der Waals surface area contributed by atoms with Crippen LogP contribution in [0.2, 0.25) is 5.02 Å². The highest BCUT2D eigenvalue weighted by molar-refractivity contribution is 6.30. The molecule has 2 nitrogen and oxygen atoms in total.